The number of carboxylic acids is 1. The van der Waals surface area contributed by atoms with Crippen molar-refractivity contribution in [1.29, 1.82) is 0 Å². The maximum absolute atomic E-state index is 11.8. The Bertz CT molecular complexity index is 545. The molecule has 0 saturated heterocycles. The average molecular weight is 301 g/mol. The van der Waals surface area contributed by atoms with Gasteiger partial charge in [0.2, 0.25) is 0 Å². The van der Waals surface area contributed by atoms with Crippen LogP contribution in [0.5, 0.6) is 5.75 Å². The van der Waals surface area contributed by atoms with Crippen molar-refractivity contribution in [2.24, 2.45) is 5.92 Å². The Morgan fingerprint density at radius 2 is 2.20 bits per heavy atom. The van der Waals surface area contributed by atoms with Crippen LogP contribution in [0.25, 0.3) is 0 Å². The zero-order chi connectivity index (χ0) is 15.3. The van der Waals surface area contributed by atoms with E-state index in [0.29, 0.717) is 5.56 Å². The van der Waals surface area contributed by atoms with E-state index in [4.69, 9.17) is 9.84 Å². The summed E-state index contributed by atoms with van der Waals surface area (Å²) in [6.07, 6.45) is 0. The van der Waals surface area contributed by atoms with Crippen molar-refractivity contribution < 1.29 is 23.8 Å². The number of nitro groups is 1. The molecule has 1 rings (SSSR count). The summed E-state index contributed by atoms with van der Waals surface area (Å²) >= 11 is 0. The van der Waals surface area contributed by atoms with Gasteiger partial charge >= 0.3 is 11.7 Å². The fourth-order valence-corrected chi connectivity index (χ4v) is 2.93. The van der Waals surface area contributed by atoms with Gasteiger partial charge in [-0.25, -0.2) is 0 Å². The van der Waals surface area contributed by atoms with Crippen molar-refractivity contribution in [3.63, 3.8) is 0 Å². The standard InChI is InChI=1S/C12H15NO6S/c1-8(12(14)15)6-20(18)7-9-3-4-11(19-2)10(5-9)13(16)17/h3-5,8H,6-7H2,1-2H3,(H,14,15). The number of benzene rings is 1. The van der Waals surface area contributed by atoms with Crippen molar-refractivity contribution >= 4 is 22.5 Å². The molecule has 7 nitrogen and oxygen atoms in total. The van der Waals surface area contributed by atoms with Crippen LogP contribution in [0.15, 0.2) is 18.2 Å². The summed E-state index contributed by atoms with van der Waals surface area (Å²) in [7, 11) is -0.0679. The van der Waals surface area contributed by atoms with Gasteiger partial charge in [0.05, 0.1) is 18.0 Å². The molecule has 0 amide bonds. The second-order valence-electron chi connectivity index (χ2n) is 4.25. The first-order valence-electron chi connectivity index (χ1n) is 5.74. The molecule has 20 heavy (non-hydrogen) atoms. The molecule has 110 valence electrons. The Labute approximate surface area is 118 Å². The Morgan fingerprint density at radius 1 is 1.55 bits per heavy atom. The molecule has 2 atom stereocenters. The van der Waals surface area contributed by atoms with E-state index in [0.717, 1.165) is 0 Å². The van der Waals surface area contributed by atoms with Gasteiger partial charge in [-0.2, -0.15) is 0 Å². The quantitative estimate of drug-likeness (QED) is 0.605. The monoisotopic (exact) mass is 301 g/mol. The number of aliphatic carboxylic acids is 1. The van der Waals surface area contributed by atoms with Gasteiger partial charge in [-0.1, -0.05) is 13.0 Å². The predicted molar refractivity (Wildman–Crippen MR) is 73.2 cm³/mol. The van der Waals surface area contributed by atoms with Gasteiger partial charge in [-0.15, -0.1) is 0 Å². The highest BCUT2D eigenvalue weighted by molar-refractivity contribution is 7.84. The second-order valence-corrected chi connectivity index (χ2v) is 5.76. The number of carbonyl (C=O) groups is 1. The van der Waals surface area contributed by atoms with Crippen molar-refractivity contribution in [3.8, 4) is 5.75 Å². The third-order valence-electron chi connectivity index (χ3n) is 2.63. The minimum Gasteiger partial charge on any atom is -0.490 e. The maximum Gasteiger partial charge on any atom is 0.311 e. The van der Waals surface area contributed by atoms with E-state index >= 15 is 0 Å². The molecule has 0 aliphatic carbocycles. The molecule has 1 aromatic carbocycles. The minimum atomic E-state index is -1.40. The van der Waals surface area contributed by atoms with Gasteiger partial charge in [-0.3, -0.25) is 19.1 Å². The van der Waals surface area contributed by atoms with Crippen LogP contribution in [0.2, 0.25) is 0 Å². The lowest BCUT2D eigenvalue weighted by molar-refractivity contribution is -0.385. The first-order chi connectivity index (χ1) is 9.35. The summed E-state index contributed by atoms with van der Waals surface area (Å²) in [6.45, 7) is 1.47. The molecule has 1 aromatic rings. The molecular weight excluding hydrogens is 286 g/mol. The number of hydrogen-bond acceptors (Lipinski definition) is 5. The van der Waals surface area contributed by atoms with Gasteiger partial charge in [-0.05, 0) is 11.6 Å². The summed E-state index contributed by atoms with van der Waals surface area (Å²) < 4.78 is 16.7. The molecule has 0 saturated carbocycles. The summed E-state index contributed by atoms with van der Waals surface area (Å²) in [5.41, 5.74) is 0.307. The predicted octanol–water partition coefficient (Wildman–Crippen LogP) is 1.57. The fourth-order valence-electron chi connectivity index (χ4n) is 1.56. The lowest BCUT2D eigenvalue weighted by Gasteiger charge is -2.07. The molecule has 0 bridgehead atoms. The smallest absolute Gasteiger partial charge is 0.311 e. The number of methoxy groups -OCH3 is 1. The molecule has 1 N–H and O–H groups in total. The summed E-state index contributed by atoms with van der Waals surface area (Å²) in [5, 5.41) is 19.6. The van der Waals surface area contributed by atoms with Crippen LogP contribution in [0.1, 0.15) is 12.5 Å². The largest absolute Gasteiger partial charge is 0.490 e. The van der Waals surface area contributed by atoms with E-state index in [1.54, 1.807) is 6.07 Å². The van der Waals surface area contributed by atoms with Crippen LogP contribution in [0.3, 0.4) is 0 Å². The second kappa shape index (κ2) is 6.99. The third kappa shape index (κ3) is 4.30. The molecule has 0 fully saturated rings. The van der Waals surface area contributed by atoms with E-state index in [1.165, 1.54) is 26.2 Å². The van der Waals surface area contributed by atoms with Crippen LogP contribution >= 0.6 is 0 Å². The molecule has 0 heterocycles. The zero-order valence-electron chi connectivity index (χ0n) is 11.1. The fraction of sp³-hybridized carbons (Fsp3) is 0.417. The number of carboxylic acid groups (broad SMARTS) is 1. The van der Waals surface area contributed by atoms with Crippen LogP contribution in [-0.4, -0.2) is 33.1 Å². The summed E-state index contributed by atoms with van der Waals surface area (Å²) in [4.78, 5) is 21.0. The SMILES string of the molecule is COc1ccc(CS(=O)CC(C)C(=O)O)cc1[N+](=O)[O-]. The number of ether oxygens (including phenoxy) is 1. The van der Waals surface area contributed by atoms with Crippen molar-refractivity contribution in [3.05, 3.63) is 33.9 Å². The van der Waals surface area contributed by atoms with Crippen molar-refractivity contribution in [2.75, 3.05) is 12.9 Å². The average Bonchev–Trinajstić information content (AvgIpc) is 2.38. The van der Waals surface area contributed by atoms with E-state index in [9.17, 15) is 19.1 Å². The Kier molecular flexibility index (Phi) is 5.63. The van der Waals surface area contributed by atoms with Crippen molar-refractivity contribution in [2.45, 2.75) is 12.7 Å². The van der Waals surface area contributed by atoms with Gasteiger partial charge in [0.1, 0.15) is 0 Å². The topological polar surface area (TPSA) is 107 Å². The van der Waals surface area contributed by atoms with Gasteiger partial charge < -0.3 is 9.84 Å². The molecule has 0 radical (unpaired) electrons. The highest BCUT2D eigenvalue weighted by Crippen LogP contribution is 2.28. The summed E-state index contributed by atoms with van der Waals surface area (Å²) in [6, 6.07) is 4.31. The zero-order valence-corrected chi connectivity index (χ0v) is 11.9. The lowest BCUT2D eigenvalue weighted by atomic mass is 10.2. The van der Waals surface area contributed by atoms with E-state index in [1.807, 2.05) is 0 Å². The van der Waals surface area contributed by atoms with Gasteiger partial charge in [0, 0.05) is 28.4 Å². The van der Waals surface area contributed by atoms with Crippen molar-refractivity contribution in [1.82, 2.24) is 0 Å². The molecule has 8 heteroatoms. The minimum absolute atomic E-state index is 0.00909. The Morgan fingerprint density at radius 3 is 2.70 bits per heavy atom. The van der Waals surface area contributed by atoms with Crippen LogP contribution in [0, 0.1) is 16.0 Å². The van der Waals surface area contributed by atoms with Crippen LogP contribution in [-0.2, 0) is 21.3 Å². The van der Waals surface area contributed by atoms with E-state index in [2.05, 4.69) is 0 Å². The Balaban J connectivity index is 2.83. The highest BCUT2D eigenvalue weighted by Gasteiger charge is 2.18. The molecule has 0 aliphatic heterocycles. The first-order valence-corrected chi connectivity index (χ1v) is 7.23. The highest BCUT2D eigenvalue weighted by atomic mass is 32.2. The molecule has 0 aliphatic rings. The molecule has 0 spiro atoms. The normalized spacial score (nSPS) is 13.5. The first kappa shape index (κ1) is 16.1. The number of hydrogen-bond donors (Lipinski definition) is 1. The maximum atomic E-state index is 11.8. The van der Waals surface area contributed by atoms with Gasteiger partial charge in [0.15, 0.2) is 5.75 Å². The summed E-state index contributed by atoms with van der Waals surface area (Å²) in [5.74, 6) is -1.52. The molecule has 2 unspecified atom stereocenters. The third-order valence-corrected chi connectivity index (χ3v) is 4.15. The van der Waals surface area contributed by atoms with Gasteiger partial charge in [0.25, 0.3) is 0 Å². The number of rotatable bonds is 7. The number of nitro benzene ring substituents is 1. The molecular formula is C12H15NO6S. The Hall–Kier alpha value is -1.96. The van der Waals surface area contributed by atoms with Crippen LogP contribution < -0.4 is 4.74 Å². The van der Waals surface area contributed by atoms with Crippen LogP contribution in [0.4, 0.5) is 5.69 Å². The van der Waals surface area contributed by atoms with E-state index in [-0.39, 0.29) is 22.9 Å². The van der Waals surface area contributed by atoms with E-state index < -0.39 is 27.6 Å². The number of nitrogens with zero attached hydrogens (tertiary/aromatic N) is 1. The lowest BCUT2D eigenvalue weighted by Crippen LogP contribution is -2.18. The molecule has 0 aromatic heterocycles.